The van der Waals surface area contributed by atoms with Gasteiger partial charge < -0.3 is 19.3 Å². The zero-order chi connectivity index (χ0) is 40.1. The molecule has 6 heteroatoms. The van der Waals surface area contributed by atoms with Crippen LogP contribution in [-0.4, -0.2) is 13.2 Å². The van der Waals surface area contributed by atoms with E-state index < -0.39 is 0 Å². The highest BCUT2D eigenvalue weighted by molar-refractivity contribution is 5.82. The van der Waals surface area contributed by atoms with Gasteiger partial charge in [-0.15, -0.1) is 0 Å². The molecule has 0 atom stereocenters. The van der Waals surface area contributed by atoms with Crippen LogP contribution >= 0.6 is 0 Å². The third kappa shape index (κ3) is 9.17. The predicted molar refractivity (Wildman–Crippen MR) is 238 cm³/mol. The van der Waals surface area contributed by atoms with Crippen molar-refractivity contribution in [3.8, 4) is 23.6 Å². The van der Waals surface area contributed by atoms with E-state index in [-0.39, 0.29) is 0 Å². The second-order valence-electron chi connectivity index (χ2n) is 13.3. The van der Waals surface area contributed by atoms with Crippen LogP contribution in [0.2, 0.25) is 0 Å². The molecular formula is C52H42N4O2. The molecule has 0 amide bonds. The van der Waals surface area contributed by atoms with E-state index in [4.69, 9.17) is 9.47 Å². The summed E-state index contributed by atoms with van der Waals surface area (Å²) in [6.07, 6.45) is 7.72. The summed E-state index contributed by atoms with van der Waals surface area (Å²) in [7, 11) is 0. The van der Waals surface area contributed by atoms with E-state index in [0.717, 1.165) is 56.8 Å². The van der Waals surface area contributed by atoms with Crippen LogP contribution in [0.1, 0.15) is 47.2 Å². The minimum absolute atomic E-state index is 0.487. The highest BCUT2D eigenvalue weighted by atomic mass is 16.5. The zero-order valence-corrected chi connectivity index (χ0v) is 32.5. The summed E-state index contributed by atoms with van der Waals surface area (Å²) < 4.78 is 11.3. The summed E-state index contributed by atoms with van der Waals surface area (Å²) in [5.74, 6) is 1.66. The van der Waals surface area contributed by atoms with Crippen molar-refractivity contribution < 1.29 is 9.47 Å². The van der Waals surface area contributed by atoms with Crippen molar-refractivity contribution in [2.75, 3.05) is 23.0 Å². The van der Waals surface area contributed by atoms with E-state index >= 15 is 0 Å². The van der Waals surface area contributed by atoms with Crippen molar-refractivity contribution >= 4 is 58.4 Å². The lowest BCUT2D eigenvalue weighted by Gasteiger charge is -2.25. The molecule has 0 N–H and O–H groups in total. The number of hydrogen-bond donors (Lipinski definition) is 0. The van der Waals surface area contributed by atoms with Crippen LogP contribution in [0.4, 0.5) is 34.1 Å². The molecule has 0 saturated carbocycles. The van der Waals surface area contributed by atoms with E-state index in [0.29, 0.717) is 35.5 Å². The third-order valence-electron chi connectivity index (χ3n) is 9.52. The molecule has 7 aromatic rings. The van der Waals surface area contributed by atoms with Crippen LogP contribution < -0.4 is 19.3 Å². The van der Waals surface area contributed by atoms with Gasteiger partial charge in [-0.25, -0.2) is 0 Å². The number of nitriles is 2. The lowest BCUT2D eigenvalue weighted by atomic mass is 9.97. The fourth-order valence-corrected chi connectivity index (χ4v) is 6.71. The number of nitrogens with zero attached hydrogens (tertiary/aromatic N) is 4. The third-order valence-corrected chi connectivity index (χ3v) is 9.52. The second kappa shape index (κ2) is 18.7. The minimum atomic E-state index is 0.487. The van der Waals surface area contributed by atoms with Gasteiger partial charge in [0.05, 0.1) is 36.5 Å². The molecule has 0 bridgehead atoms. The molecule has 0 fully saturated rings. The topological polar surface area (TPSA) is 72.5 Å². The second-order valence-corrected chi connectivity index (χ2v) is 13.3. The van der Waals surface area contributed by atoms with Crippen LogP contribution in [0.15, 0.2) is 170 Å². The largest absolute Gasteiger partial charge is 0.494 e. The molecule has 0 spiro atoms. The summed E-state index contributed by atoms with van der Waals surface area (Å²) in [5, 5.41) is 20.3. The first-order chi connectivity index (χ1) is 28.6. The predicted octanol–water partition coefficient (Wildman–Crippen LogP) is 13.5. The average Bonchev–Trinajstić information content (AvgIpc) is 3.28. The van der Waals surface area contributed by atoms with Crippen LogP contribution in [0.5, 0.6) is 11.5 Å². The first kappa shape index (κ1) is 38.5. The van der Waals surface area contributed by atoms with Gasteiger partial charge in [0.1, 0.15) is 11.5 Å². The summed E-state index contributed by atoms with van der Waals surface area (Å²) >= 11 is 0. The number of ether oxygens (including phenoxy) is 2. The highest BCUT2D eigenvalue weighted by Gasteiger charge is 2.14. The number of rotatable bonds is 14. The maximum Gasteiger partial charge on any atom is 0.119 e. The monoisotopic (exact) mass is 754 g/mol. The van der Waals surface area contributed by atoms with Gasteiger partial charge in [0.2, 0.25) is 0 Å². The molecule has 0 aliphatic carbocycles. The summed E-state index contributed by atoms with van der Waals surface area (Å²) in [5.41, 5.74) is 10.4. The van der Waals surface area contributed by atoms with E-state index in [1.165, 1.54) is 0 Å². The number of hydrogen-bond acceptors (Lipinski definition) is 6. The summed E-state index contributed by atoms with van der Waals surface area (Å²) in [6.45, 7) is 5.18. The van der Waals surface area contributed by atoms with Crippen LogP contribution in [-0.2, 0) is 0 Å². The van der Waals surface area contributed by atoms with Gasteiger partial charge in [0.15, 0.2) is 0 Å². The Labute approximate surface area is 341 Å². The molecule has 6 nitrogen and oxygen atoms in total. The van der Waals surface area contributed by atoms with Crippen molar-refractivity contribution in [2.24, 2.45) is 0 Å². The molecular weight excluding hydrogens is 713 g/mol. The maximum absolute atomic E-state index is 10.1. The SMILES string of the molecule is CCOc1ccc(N(c2ccccc2)c2ccc(/C=C\c3cc(C#N)c(/C=C\c4ccc(N(c5ccccc5)c5ccc(OCC)cc5)cc4)cc3C#N)cc2)cc1. The van der Waals surface area contributed by atoms with Crippen LogP contribution in [0.25, 0.3) is 24.3 Å². The molecule has 0 unspecified atom stereocenters. The van der Waals surface area contributed by atoms with E-state index in [1.807, 2.05) is 123 Å². The lowest BCUT2D eigenvalue weighted by Crippen LogP contribution is -2.09. The molecule has 0 aliphatic heterocycles. The van der Waals surface area contributed by atoms with Gasteiger partial charge >= 0.3 is 0 Å². The first-order valence-corrected chi connectivity index (χ1v) is 19.3. The lowest BCUT2D eigenvalue weighted by molar-refractivity contribution is 0.340. The standard InChI is InChI=1S/C52H42N4O2/c1-3-57-51-31-27-49(28-32-51)55(45-11-7-5-8-12-45)47-23-17-39(18-24-47)15-21-41-35-44(38-54)42(36-43(41)37-53)22-16-40-19-25-48(26-20-40)56(46-13-9-6-10-14-46)50-29-33-52(34-30-50)58-4-2/h5-36H,3-4H2,1-2H3/b21-15-,22-16-. The molecule has 282 valence electrons. The highest BCUT2D eigenvalue weighted by Crippen LogP contribution is 2.37. The summed E-state index contributed by atoms with van der Waals surface area (Å²) in [6, 6.07) is 61.4. The molecule has 0 saturated heterocycles. The molecule has 7 aromatic carbocycles. The quantitative estimate of drug-likeness (QED) is 0.103. The van der Waals surface area contributed by atoms with E-state index in [2.05, 4.69) is 94.7 Å². The normalized spacial score (nSPS) is 10.9. The Balaban J connectivity index is 1.09. The molecule has 0 aliphatic rings. The first-order valence-electron chi connectivity index (χ1n) is 19.3. The van der Waals surface area contributed by atoms with Gasteiger partial charge in [-0.1, -0.05) is 85.0 Å². The molecule has 58 heavy (non-hydrogen) atoms. The maximum atomic E-state index is 10.1. The number of anilines is 6. The van der Waals surface area contributed by atoms with Crippen molar-refractivity contribution in [1.82, 2.24) is 0 Å². The van der Waals surface area contributed by atoms with Crippen molar-refractivity contribution in [3.63, 3.8) is 0 Å². The Morgan fingerprint density at radius 1 is 0.414 bits per heavy atom. The number of para-hydroxylation sites is 2. The Kier molecular flexibility index (Phi) is 12.4. The van der Waals surface area contributed by atoms with Crippen molar-refractivity contribution in [3.05, 3.63) is 203 Å². The number of benzene rings is 7. The summed E-state index contributed by atoms with van der Waals surface area (Å²) in [4.78, 5) is 4.39. The Morgan fingerprint density at radius 3 is 1.03 bits per heavy atom. The average molecular weight is 755 g/mol. The molecule has 0 heterocycles. The van der Waals surface area contributed by atoms with Gasteiger partial charge in [-0.2, -0.15) is 10.5 Å². The Bertz CT molecular complexity index is 2380. The van der Waals surface area contributed by atoms with Gasteiger partial charge in [-0.05, 0) is 145 Å². The fourth-order valence-electron chi connectivity index (χ4n) is 6.71. The van der Waals surface area contributed by atoms with Gasteiger partial charge in [0.25, 0.3) is 0 Å². The molecule has 0 radical (unpaired) electrons. The van der Waals surface area contributed by atoms with E-state index in [1.54, 1.807) is 12.1 Å². The van der Waals surface area contributed by atoms with Gasteiger partial charge in [0, 0.05) is 34.1 Å². The Morgan fingerprint density at radius 2 is 0.724 bits per heavy atom. The molecule has 0 aromatic heterocycles. The smallest absolute Gasteiger partial charge is 0.119 e. The van der Waals surface area contributed by atoms with Gasteiger partial charge in [-0.3, -0.25) is 0 Å². The van der Waals surface area contributed by atoms with Crippen LogP contribution in [0, 0.1) is 22.7 Å². The zero-order valence-electron chi connectivity index (χ0n) is 32.5. The van der Waals surface area contributed by atoms with Crippen LogP contribution in [0.3, 0.4) is 0 Å². The minimum Gasteiger partial charge on any atom is -0.494 e. The molecule has 7 rings (SSSR count). The van der Waals surface area contributed by atoms with Crippen molar-refractivity contribution in [2.45, 2.75) is 13.8 Å². The van der Waals surface area contributed by atoms with Crippen molar-refractivity contribution in [1.29, 1.82) is 10.5 Å². The Hall–Kier alpha value is -7.80. The van der Waals surface area contributed by atoms with E-state index in [9.17, 15) is 10.5 Å². The fraction of sp³-hybridized carbons (Fsp3) is 0.0769.